The second-order valence-electron chi connectivity index (χ2n) is 6.92. The molecule has 0 spiro atoms. The summed E-state index contributed by atoms with van der Waals surface area (Å²) in [5, 5.41) is 3.06. The van der Waals surface area contributed by atoms with E-state index in [2.05, 4.69) is 50.3 Å². The van der Waals surface area contributed by atoms with Crippen LogP contribution >= 0.6 is 0 Å². The summed E-state index contributed by atoms with van der Waals surface area (Å²) in [6, 6.07) is 12.5. The summed E-state index contributed by atoms with van der Waals surface area (Å²) in [7, 11) is 0. The van der Waals surface area contributed by atoms with Crippen LogP contribution in [0.1, 0.15) is 30.0 Å². The molecule has 6 heteroatoms. The molecule has 1 aromatic carbocycles. The first-order chi connectivity index (χ1) is 12.8. The van der Waals surface area contributed by atoms with Gasteiger partial charge < -0.3 is 10.2 Å². The molecule has 6 nitrogen and oxygen atoms in total. The number of amides is 1. The predicted molar refractivity (Wildman–Crippen MR) is 102 cm³/mol. The quantitative estimate of drug-likeness (QED) is 0.689. The van der Waals surface area contributed by atoms with Gasteiger partial charge in [0.25, 0.3) is 0 Å². The Hall–Kier alpha value is -2.44. The smallest absolute Gasteiger partial charge is 0.238 e. The number of anilines is 1. The van der Waals surface area contributed by atoms with E-state index in [4.69, 9.17) is 0 Å². The summed E-state index contributed by atoms with van der Waals surface area (Å²) in [5.41, 5.74) is 10.2. The maximum Gasteiger partial charge on any atom is 0.238 e. The summed E-state index contributed by atoms with van der Waals surface area (Å²) < 4.78 is 0. The molecule has 3 N–H and O–H groups in total. The molecule has 0 bridgehead atoms. The third-order valence-electron chi connectivity index (χ3n) is 5.22. The fraction of sp³-hybridized carbons (Fsp3) is 0.400. The van der Waals surface area contributed by atoms with Crippen molar-refractivity contribution in [2.75, 3.05) is 24.5 Å². The summed E-state index contributed by atoms with van der Waals surface area (Å²) in [6.07, 6.45) is 6.38. The minimum atomic E-state index is -0.194. The number of carbonyl (C=O) groups is 1. The molecule has 2 atom stereocenters. The van der Waals surface area contributed by atoms with Crippen molar-refractivity contribution >= 4 is 11.6 Å². The highest BCUT2D eigenvalue weighted by Crippen LogP contribution is 2.27. The lowest BCUT2D eigenvalue weighted by Crippen LogP contribution is -2.43. The van der Waals surface area contributed by atoms with E-state index in [1.54, 1.807) is 12.4 Å². The van der Waals surface area contributed by atoms with Gasteiger partial charge >= 0.3 is 0 Å². The Morgan fingerprint density at radius 1 is 1.19 bits per heavy atom. The number of fused-ring (bicyclic) bond motifs is 1. The van der Waals surface area contributed by atoms with Gasteiger partial charge in [-0.2, -0.15) is 0 Å². The first kappa shape index (κ1) is 17.0. The van der Waals surface area contributed by atoms with Crippen molar-refractivity contribution in [3.8, 4) is 0 Å². The van der Waals surface area contributed by atoms with Crippen molar-refractivity contribution in [1.82, 2.24) is 21.2 Å². The van der Waals surface area contributed by atoms with Crippen LogP contribution in [0.5, 0.6) is 0 Å². The molecular weight excluding hydrogens is 326 g/mol. The highest BCUT2D eigenvalue weighted by molar-refractivity contribution is 5.82. The van der Waals surface area contributed by atoms with Gasteiger partial charge in [0.2, 0.25) is 5.91 Å². The molecule has 3 heterocycles. The SMILES string of the molecule is O=C(NCCCN1CCc2ccccc21)C1CC(c2ccncc2)NN1. The van der Waals surface area contributed by atoms with Gasteiger partial charge in [-0.1, -0.05) is 18.2 Å². The molecular formula is C20H25N5O. The number of hydrogen-bond donors (Lipinski definition) is 3. The summed E-state index contributed by atoms with van der Waals surface area (Å²) in [6.45, 7) is 2.76. The lowest BCUT2D eigenvalue weighted by atomic mass is 10.0. The average Bonchev–Trinajstić information content (AvgIpc) is 3.33. The molecule has 2 aliphatic heterocycles. The van der Waals surface area contributed by atoms with E-state index in [0.29, 0.717) is 6.54 Å². The van der Waals surface area contributed by atoms with Gasteiger partial charge in [-0.3, -0.25) is 9.78 Å². The van der Waals surface area contributed by atoms with Crippen molar-refractivity contribution in [2.45, 2.75) is 31.3 Å². The minimum Gasteiger partial charge on any atom is -0.371 e. The molecule has 26 heavy (non-hydrogen) atoms. The normalized spacial score (nSPS) is 21.6. The molecule has 4 rings (SSSR count). The lowest BCUT2D eigenvalue weighted by Gasteiger charge is -2.19. The van der Waals surface area contributed by atoms with Gasteiger partial charge in [-0.05, 0) is 48.6 Å². The van der Waals surface area contributed by atoms with E-state index in [1.165, 1.54) is 11.3 Å². The molecule has 1 aromatic heterocycles. The number of hydrazine groups is 1. The van der Waals surface area contributed by atoms with Gasteiger partial charge in [0.1, 0.15) is 6.04 Å². The number of aromatic nitrogens is 1. The number of nitrogens with one attached hydrogen (secondary N) is 3. The highest BCUT2D eigenvalue weighted by atomic mass is 16.2. The second kappa shape index (κ2) is 7.85. The van der Waals surface area contributed by atoms with Gasteiger partial charge in [0, 0.05) is 43.8 Å². The van der Waals surface area contributed by atoms with Crippen molar-refractivity contribution in [1.29, 1.82) is 0 Å². The Kier molecular flexibility index (Phi) is 5.13. The summed E-state index contributed by atoms with van der Waals surface area (Å²) >= 11 is 0. The Morgan fingerprint density at radius 2 is 2.04 bits per heavy atom. The van der Waals surface area contributed by atoms with E-state index in [-0.39, 0.29) is 18.0 Å². The number of carbonyl (C=O) groups excluding carboxylic acids is 1. The number of para-hydroxylation sites is 1. The number of pyridine rings is 1. The number of nitrogens with zero attached hydrogens (tertiary/aromatic N) is 2. The van der Waals surface area contributed by atoms with Crippen LogP contribution in [0.2, 0.25) is 0 Å². The van der Waals surface area contributed by atoms with Gasteiger partial charge in [-0.15, -0.1) is 0 Å². The monoisotopic (exact) mass is 351 g/mol. The van der Waals surface area contributed by atoms with E-state index in [1.807, 2.05) is 12.1 Å². The van der Waals surface area contributed by atoms with E-state index < -0.39 is 0 Å². The van der Waals surface area contributed by atoms with Crippen LogP contribution in [0.3, 0.4) is 0 Å². The second-order valence-corrected chi connectivity index (χ2v) is 6.92. The van der Waals surface area contributed by atoms with Crippen LogP contribution in [0, 0.1) is 0 Å². The third kappa shape index (κ3) is 3.71. The van der Waals surface area contributed by atoms with Crippen LogP contribution in [-0.2, 0) is 11.2 Å². The van der Waals surface area contributed by atoms with E-state index in [0.717, 1.165) is 37.9 Å². The van der Waals surface area contributed by atoms with Gasteiger partial charge in [0.05, 0.1) is 0 Å². The topological polar surface area (TPSA) is 69.3 Å². The van der Waals surface area contributed by atoms with Gasteiger partial charge in [0.15, 0.2) is 0 Å². The number of benzene rings is 1. The Balaban J connectivity index is 1.19. The van der Waals surface area contributed by atoms with Crippen molar-refractivity contribution < 1.29 is 4.79 Å². The molecule has 0 aliphatic carbocycles. The Morgan fingerprint density at radius 3 is 2.92 bits per heavy atom. The molecule has 0 saturated carbocycles. The van der Waals surface area contributed by atoms with Crippen molar-refractivity contribution in [3.63, 3.8) is 0 Å². The Labute approximate surface area is 154 Å². The zero-order valence-electron chi connectivity index (χ0n) is 14.8. The largest absolute Gasteiger partial charge is 0.371 e. The van der Waals surface area contributed by atoms with Crippen LogP contribution in [0.4, 0.5) is 5.69 Å². The first-order valence-corrected chi connectivity index (χ1v) is 9.33. The molecule has 0 radical (unpaired) electrons. The fourth-order valence-electron chi connectivity index (χ4n) is 3.79. The average molecular weight is 351 g/mol. The Bertz CT molecular complexity index is 751. The van der Waals surface area contributed by atoms with Crippen LogP contribution in [0.25, 0.3) is 0 Å². The van der Waals surface area contributed by atoms with Crippen LogP contribution in [-0.4, -0.2) is 36.6 Å². The highest BCUT2D eigenvalue weighted by Gasteiger charge is 2.29. The molecule has 1 fully saturated rings. The lowest BCUT2D eigenvalue weighted by molar-refractivity contribution is -0.122. The minimum absolute atomic E-state index is 0.0656. The predicted octanol–water partition coefficient (Wildman–Crippen LogP) is 1.56. The molecule has 1 saturated heterocycles. The van der Waals surface area contributed by atoms with E-state index in [9.17, 15) is 4.79 Å². The maximum atomic E-state index is 12.4. The van der Waals surface area contributed by atoms with Crippen molar-refractivity contribution in [3.05, 3.63) is 59.9 Å². The fourth-order valence-corrected chi connectivity index (χ4v) is 3.79. The summed E-state index contributed by atoms with van der Waals surface area (Å²) in [4.78, 5) is 18.8. The zero-order valence-corrected chi connectivity index (χ0v) is 14.8. The van der Waals surface area contributed by atoms with E-state index >= 15 is 0 Å². The van der Waals surface area contributed by atoms with Crippen LogP contribution in [0.15, 0.2) is 48.8 Å². The van der Waals surface area contributed by atoms with Crippen LogP contribution < -0.4 is 21.1 Å². The first-order valence-electron chi connectivity index (χ1n) is 9.33. The molecule has 136 valence electrons. The molecule has 2 aliphatic rings. The zero-order chi connectivity index (χ0) is 17.8. The van der Waals surface area contributed by atoms with Gasteiger partial charge in [-0.25, -0.2) is 10.9 Å². The molecule has 2 aromatic rings. The summed E-state index contributed by atoms with van der Waals surface area (Å²) in [5.74, 6) is 0.0656. The third-order valence-corrected chi connectivity index (χ3v) is 5.22. The number of hydrogen-bond acceptors (Lipinski definition) is 5. The maximum absolute atomic E-state index is 12.4. The standard InChI is InChI=1S/C20H25N5O/c26-20(18-14-17(23-24-18)15-6-10-21-11-7-15)22-9-3-12-25-13-8-16-4-1-2-5-19(16)25/h1-2,4-7,10-11,17-18,23-24H,3,8-9,12-14H2,(H,22,26). The van der Waals surface area contributed by atoms with Crippen molar-refractivity contribution in [2.24, 2.45) is 0 Å². The molecule has 2 unspecified atom stereocenters. The molecule has 1 amide bonds. The number of rotatable bonds is 6.